The molecule has 0 saturated carbocycles. The average Bonchev–Trinajstić information content (AvgIpc) is 2.60. The van der Waals surface area contributed by atoms with Gasteiger partial charge in [0.15, 0.2) is 0 Å². The third kappa shape index (κ3) is 4.49. The molecule has 1 heterocycles. The number of ether oxygens (including phenoxy) is 2. The molecule has 1 fully saturated rings. The fraction of sp³-hybridized carbons (Fsp3) is 0.412. The molecule has 0 bridgehead atoms. The fourth-order valence-corrected chi connectivity index (χ4v) is 2.73. The Morgan fingerprint density at radius 1 is 1.46 bits per heavy atom. The van der Waals surface area contributed by atoms with Crippen molar-refractivity contribution in [1.29, 1.82) is 5.26 Å². The SMILES string of the molecule is COc1ccc([N+](=O)[O-])cc1N/C=C(/C#N)C(=O)N1CC(C)OC(C)C1. The van der Waals surface area contributed by atoms with Gasteiger partial charge in [0.05, 0.1) is 29.9 Å². The molecule has 0 radical (unpaired) electrons. The molecule has 0 spiro atoms. The van der Waals surface area contributed by atoms with Crippen molar-refractivity contribution >= 4 is 17.3 Å². The van der Waals surface area contributed by atoms with E-state index in [0.29, 0.717) is 18.8 Å². The number of nitro benzene ring substituents is 1. The third-order valence-electron chi connectivity index (χ3n) is 3.82. The van der Waals surface area contributed by atoms with E-state index in [1.54, 1.807) is 4.90 Å². The highest BCUT2D eigenvalue weighted by Crippen LogP contribution is 2.29. The van der Waals surface area contributed by atoms with E-state index in [2.05, 4.69) is 5.32 Å². The summed E-state index contributed by atoms with van der Waals surface area (Å²) < 4.78 is 10.7. The highest BCUT2D eigenvalue weighted by molar-refractivity contribution is 5.97. The van der Waals surface area contributed by atoms with Gasteiger partial charge in [-0.05, 0) is 19.9 Å². The molecule has 1 amide bonds. The quantitative estimate of drug-likeness (QED) is 0.369. The summed E-state index contributed by atoms with van der Waals surface area (Å²) in [4.78, 5) is 24.5. The van der Waals surface area contributed by atoms with Crippen molar-refractivity contribution in [1.82, 2.24) is 4.90 Å². The number of benzene rings is 1. The van der Waals surface area contributed by atoms with E-state index in [0.717, 1.165) is 0 Å². The van der Waals surface area contributed by atoms with Crippen LogP contribution in [0.1, 0.15) is 13.8 Å². The van der Waals surface area contributed by atoms with Gasteiger partial charge >= 0.3 is 0 Å². The van der Waals surface area contributed by atoms with Gasteiger partial charge in [0.25, 0.3) is 11.6 Å². The van der Waals surface area contributed by atoms with Crippen LogP contribution in [-0.4, -0.2) is 48.1 Å². The van der Waals surface area contributed by atoms with Gasteiger partial charge in [-0.25, -0.2) is 0 Å². The number of rotatable bonds is 5. The first-order valence-electron chi connectivity index (χ1n) is 7.99. The molecule has 2 atom stereocenters. The Bertz CT molecular complexity index is 761. The molecular formula is C17H20N4O5. The lowest BCUT2D eigenvalue weighted by Crippen LogP contribution is -2.48. The minimum Gasteiger partial charge on any atom is -0.495 e. The molecule has 2 unspecified atom stereocenters. The van der Waals surface area contributed by atoms with E-state index in [-0.39, 0.29) is 29.2 Å². The largest absolute Gasteiger partial charge is 0.495 e. The zero-order valence-electron chi connectivity index (χ0n) is 14.8. The molecule has 1 N–H and O–H groups in total. The Balaban J connectivity index is 2.21. The Morgan fingerprint density at radius 2 is 2.12 bits per heavy atom. The van der Waals surface area contributed by atoms with Crippen LogP contribution in [0.5, 0.6) is 5.75 Å². The molecule has 0 aromatic heterocycles. The maximum atomic E-state index is 12.6. The number of nitro groups is 1. The number of hydrogen-bond acceptors (Lipinski definition) is 7. The molecule has 0 aliphatic carbocycles. The number of morpholine rings is 1. The van der Waals surface area contributed by atoms with Crippen LogP contribution in [-0.2, 0) is 9.53 Å². The van der Waals surface area contributed by atoms with Gasteiger partial charge < -0.3 is 19.7 Å². The molecule has 1 aromatic carbocycles. The second-order valence-electron chi connectivity index (χ2n) is 5.92. The second kappa shape index (κ2) is 8.31. The van der Waals surface area contributed by atoms with Gasteiger partial charge in [0.2, 0.25) is 0 Å². The number of carbonyl (C=O) groups excluding carboxylic acids is 1. The monoisotopic (exact) mass is 360 g/mol. The van der Waals surface area contributed by atoms with Crippen LogP contribution in [0.25, 0.3) is 0 Å². The molecule has 9 heteroatoms. The fourth-order valence-electron chi connectivity index (χ4n) is 2.73. The zero-order valence-corrected chi connectivity index (χ0v) is 14.8. The first-order chi connectivity index (χ1) is 12.3. The smallest absolute Gasteiger partial charge is 0.271 e. The Hall–Kier alpha value is -3.12. The van der Waals surface area contributed by atoms with Crippen molar-refractivity contribution in [3.63, 3.8) is 0 Å². The van der Waals surface area contributed by atoms with Crippen LogP contribution in [0.2, 0.25) is 0 Å². The van der Waals surface area contributed by atoms with Gasteiger partial charge in [-0.15, -0.1) is 0 Å². The molecule has 138 valence electrons. The average molecular weight is 360 g/mol. The number of nitrogens with zero attached hydrogens (tertiary/aromatic N) is 3. The lowest BCUT2D eigenvalue weighted by atomic mass is 10.2. The predicted molar refractivity (Wildman–Crippen MR) is 93.6 cm³/mol. The highest BCUT2D eigenvalue weighted by Gasteiger charge is 2.27. The van der Waals surface area contributed by atoms with Gasteiger partial charge in [0.1, 0.15) is 17.4 Å². The lowest BCUT2D eigenvalue weighted by Gasteiger charge is -2.35. The van der Waals surface area contributed by atoms with Crippen molar-refractivity contribution in [3.05, 3.63) is 40.1 Å². The van der Waals surface area contributed by atoms with E-state index in [1.807, 2.05) is 19.9 Å². The Labute approximate surface area is 150 Å². The molecule has 1 aromatic rings. The summed E-state index contributed by atoms with van der Waals surface area (Å²) >= 11 is 0. The van der Waals surface area contributed by atoms with Crippen LogP contribution in [0.4, 0.5) is 11.4 Å². The van der Waals surface area contributed by atoms with E-state index in [4.69, 9.17) is 9.47 Å². The van der Waals surface area contributed by atoms with Crippen LogP contribution < -0.4 is 10.1 Å². The summed E-state index contributed by atoms with van der Waals surface area (Å²) in [5.41, 5.74) is 0.0354. The summed E-state index contributed by atoms with van der Waals surface area (Å²) in [6.07, 6.45) is 0.995. The van der Waals surface area contributed by atoms with E-state index in [9.17, 15) is 20.2 Å². The summed E-state index contributed by atoms with van der Waals surface area (Å²) in [5, 5.41) is 23.0. The number of methoxy groups -OCH3 is 1. The van der Waals surface area contributed by atoms with Gasteiger partial charge in [-0.2, -0.15) is 5.26 Å². The van der Waals surface area contributed by atoms with E-state index in [1.165, 1.54) is 31.5 Å². The minimum absolute atomic E-state index is 0.111. The van der Waals surface area contributed by atoms with E-state index < -0.39 is 10.8 Å². The van der Waals surface area contributed by atoms with Crippen molar-refractivity contribution in [2.75, 3.05) is 25.5 Å². The molecule has 2 rings (SSSR count). The third-order valence-corrected chi connectivity index (χ3v) is 3.82. The number of nitriles is 1. The highest BCUT2D eigenvalue weighted by atomic mass is 16.6. The minimum atomic E-state index is -0.540. The summed E-state index contributed by atoms with van der Waals surface area (Å²) in [5.74, 6) is -0.0726. The first-order valence-corrected chi connectivity index (χ1v) is 7.99. The number of nitrogens with one attached hydrogen (secondary N) is 1. The molecule has 1 aliphatic heterocycles. The Kier molecular flexibility index (Phi) is 6.14. The number of non-ortho nitro benzene ring substituents is 1. The van der Waals surface area contributed by atoms with Crippen molar-refractivity contribution in [3.8, 4) is 11.8 Å². The van der Waals surface area contributed by atoms with Crippen LogP contribution >= 0.6 is 0 Å². The normalized spacial score (nSPS) is 20.2. The first kappa shape index (κ1) is 19.2. The lowest BCUT2D eigenvalue weighted by molar-refractivity contribution is -0.384. The predicted octanol–water partition coefficient (Wildman–Crippen LogP) is 2.06. The van der Waals surface area contributed by atoms with Crippen molar-refractivity contribution in [2.45, 2.75) is 26.1 Å². The van der Waals surface area contributed by atoms with Crippen LogP contribution in [0.15, 0.2) is 30.0 Å². The van der Waals surface area contributed by atoms with Crippen LogP contribution in [0.3, 0.4) is 0 Å². The molecule has 1 saturated heterocycles. The molecule has 26 heavy (non-hydrogen) atoms. The molecule has 9 nitrogen and oxygen atoms in total. The number of hydrogen-bond donors (Lipinski definition) is 1. The standard InChI is InChI=1S/C17H20N4O5/c1-11-9-20(10-12(2)26-11)17(22)13(7-18)8-19-15-6-14(21(23)24)4-5-16(15)25-3/h4-6,8,11-12,19H,9-10H2,1-3H3/b13-8-. The molecular weight excluding hydrogens is 340 g/mol. The van der Waals surface area contributed by atoms with Crippen molar-refractivity contribution in [2.24, 2.45) is 0 Å². The van der Waals surface area contributed by atoms with Gasteiger partial charge in [-0.3, -0.25) is 14.9 Å². The Morgan fingerprint density at radius 3 is 2.65 bits per heavy atom. The number of amides is 1. The van der Waals surface area contributed by atoms with Crippen molar-refractivity contribution < 1.29 is 19.2 Å². The number of carbonyl (C=O) groups is 1. The number of anilines is 1. The second-order valence-corrected chi connectivity index (χ2v) is 5.92. The summed E-state index contributed by atoms with van der Waals surface area (Å²) in [6, 6.07) is 5.88. The molecule has 1 aliphatic rings. The zero-order chi connectivity index (χ0) is 19.3. The maximum Gasteiger partial charge on any atom is 0.271 e. The van der Waals surface area contributed by atoms with E-state index >= 15 is 0 Å². The maximum absolute atomic E-state index is 12.6. The summed E-state index contributed by atoms with van der Waals surface area (Å²) in [7, 11) is 1.42. The van der Waals surface area contributed by atoms with Gasteiger partial charge in [0, 0.05) is 31.4 Å². The summed E-state index contributed by atoms with van der Waals surface area (Å²) in [6.45, 7) is 4.50. The topological polar surface area (TPSA) is 118 Å². The van der Waals surface area contributed by atoms with Gasteiger partial charge in [-0.1, -0.05) is 0 Å². The van der Waals surface area contributed by atoms with Crippen LogP contribution in [0, 0.1) is 21.4 Å².